The summed E-state index contributed by atoms with van der Waals surface area (Å²) in [6, 6.07) is 9.44. The van der Waals surface area contributed by atoms with Crippen molar-refractivity contribution in [1.82, 2.24) is 14.5 Å². The number of aryl methyl sites for hydroxylation is 1. The number of thioether (sulfide) groups is 1. The third-order valence-electron chi connectivity index (χ3n) is 5.61. The van der Waals surface area contributed by atoms with E-state index in [1.165, 1.54) is 12.8 Å². The molecular formula is C25H28N4O3S. The van der Waals surface area contributed by atoms with Crippen LogP contribution in [0.15, 0.2) is 47.9 Å². The molecule has 0 spiro atoms. The van der Waals surface area contributed by atoms with E-state index in [0.29, 0.717) is 22.4 Å². The summed E-state index contributed by atoms with van der Waals surface area (Å²) in [5.74, 6) is 6.26. The zero-order chi connectivity index (χ0) is 23.2. The van der Waals surface area contributed by atoms with Crippen LogP contribution in [0.5, 0.6) is 5.75 Å². The van der Waals surface area contributed by atoms with E-state index in [1.54, 1.807) is 24.2 Å². The van der Waals surface area contributed by atoms with E-state index >= 15 is 0 Å². The molecule has 1 aromatic carbocycles. The fourth-order valence-corrected chi connectivity index (χ4v) is 5.30. The maximum Gasteiger partial charge on any atom is 0.173 e. The molecule has 1 saturated carbocycles. The Morgan fingerprint density at radius 1 is 1.30 bits per heavy atom. The largest absolute Gasteiger partial charge is 0.487 e. The molecule has 0 amide bonds. The number of nitrogens with two attached hydrogens (primary N) is 1. The maximum absolute atomic E-state index is 10.3. The van der Waals surface area contributed by atoms with Gasteiger partial charge in [0, 0.05) is 17.0 Å². The number of imidazole rings is 1. The molecule has 4 N–H and O–H groups in total. The molecule has 1 unspecified atom stereocenters. The molecule has 0 radical (unpaired) electrons. The highest BCUT2D eigenvalue weighted by Crippen LogP contribution is 2.37. The Bertz CT molecular complexity index is 1150. The summed E-state index contributed by atoms with van der Waals surface area (Å²) >= 11 is 1.72. The van der Waals surface area contributed by atoms with Crippen LogP contribution in [0.25, 0.3) is 5.69 Å². The normalized spacial score (nSPS) is 14.7. The van der Waals surface area contributed by atoms with Crippen molar-refractivity contribution in [3.05, 3.63) is 65.2 Å². The maximum atomic E-state index is 10.3. The van der Waals surface area contributed by atoms with Crippen LogP contribution in [0.2, 0.25) is 0 Å². The molecule has 1 aliphatic rings. The molecule has 4 rings (SSSR count). The van der Waals surface area contributed by atoms with E-state index in [0.717, 1.165) is 34.8 Å². The number of benzene rings is 1. The highest BCUT2D eigenvalue weighted by Gasteiger charge is 2.26. The fourth-order valence-electron chi connectivity index (χ4n) is 3.96. The molecule has 7 nitrogen and oxygen atoms in total. The average molecular weight is 465 g/mol. The molecule has 172 valence electrons. The third kappa shape index (κ3) is 5.57. The van der Waals surface area contributed by atoms with Crippen LogP contribution >= 0.6 is 11.8 Å². The Morgan fingerprint density at radius 2 is 2.12 bits per heavy atom. The zero-order valence-corrected chi connectivity index (χ0v) is 19.4. The second-order valence-corrected chi connectivity index (χ2v) is 9.23. The van der Waals surface area contributed by atoms with Gasteiger partial charge in [-0.1, -0.05) is 36.4 Å². The summed E-state index contributed by atoms with van der Waals surface area (Å²) in [6.45, 7) is 1.94. The van der Waals surface area contributed by atoms with Gasteiger partial charge in [0.1, 0.15) is 30.9 Å². The molecule has 1 aliphatic carbocycles. The van der Waals surface area contributed by atoms with Crippen LogP contribution in [0.4, 0.5) is 0 Å². The Labute approximate surface area is 198 Å². The first kappa shape index (κ1) is 23.3. The first-order valence-corrected chi connectivity index (χ1v) is 11.9. The number of hydrogen-bond donors (Lipinski definition) is 3. The number of rotatable bonds is 7. The summed E-state index contributed by atoms with van der Waals surface area (Å²) in [7, 11) is 0. The Kier molecular flexibility index (Phi) is 7.68. The number of nitrogens with zero attached hydrogens (tertiary/aromatic N) is 3. The average Bonchev–Trinajstić information content (AvgIpc) is 3.46. The molecule has 3 aromatic rings. The van der Waals surface area contributed by atoms with Crippen LogP contribution in [0.3, 0.4) is 0 Å². The highest BCUT2D eigenvalue weighted by molar-refractivity contribution is 7.99. The van der Waals surface area contributed by atoms with Crippen molar-refractivity contribution in [2.75, 3.05) is 6.61 Å². The summed E-state index contributed by atoms with van der Waals surface area (Å²) in [6.07, 6.45) is 7.04. The van der Waals surface area contributed by atoms with Crippen molar-refractivity contribution in [1.29, 1.82) is 0 Å². The van der Waals surface area contributed by atoms with Gasteiger partial charge in [-0.15, -0.1) is 0 Å². The zero-order valence-electron chi connectivity index (χ0n) is 18.6. The quantitative estimate of drug-likeness (QED) is 0.363. The van der Waals surface area contributed by atoms with Crippen LogP contribution in [0, 0.1) is 18.8 Å². The predicted octanol–water partition coefficient (Wildman–Crippen LogP) is 3.48. The van der Waals surface area contributed by atoms with E-state index in [1.807, 2.05) is 41.8 Å². The lowest BCUT2D eigenvalue weighted by Crippen LogP contribution is -2.14. The van der Waals surface area contributed by atoms with Crippen molar-refractivity contribution in [3.63, 3.8) is 0 Å². The van der Waals surface area contributed by atoms with Gasteiger partial charge in [-0.25, -0.2) is 4.98 Å². The Hall–Kier alpha value is -2.83. The molecule has 0 bridgehead atoms. The minimum absolute atomic E-state index is 0.178. The molecule has 1 atom stereocenters. The van der Waals surface area contributed by atoms with Crippen molar-refractivity contribution < 1.29 is 14.9 Å². The second-order valence-electron chi connectivity index (χ2n) is 7.97. The van der Waals surface area contributed by atoms with Crippen LogP contribution in [0.1, 0.15) is 54.4 Å². The molecule has 1 fully saturated rings. The number of ether oxygens (including phenoxy) is 1. The van der Waals surface area contributed by atoms with Crippen molar-refractivity contribution >= 4 is 11.8 Å². The second kappa shape index (κ2) is 10.9. The molecule has 8 heteroatoms. The lowest BCUT2D eigenvalue weighted by Gasteiger charge is -2.15. The van der Waals surface area contributed by atoms with Gasteiger partial charge in [0.25, 0.3) is 0 Å². The summed E-state index contributed by atoms with van der Waals surface area (Å²) in [5, 5.41) is 20.5. The van der Waals surface area contributed by atoms with Crippen molar-refractivity contribution in [2.45, 2.75) is 55.8 Å². The van der Waals surface area contributed by atoms with E-state index < -0.39 is 6.23 Å². The molecule has 0 aliphatic heterocycles. The standard InChI is InChI=1S/C25H28N4O3S/c1-17-14-20(11-10-18(17)6-5-13-30)32-16-22-23(24(26)31)28-25(33-21-8-2-3-9-21)29(22)19-7-4-12-27-15-19/h4,7,10-12,14-15,21,24,30-31H,2-3,8-9,13,16,26H2,1H3. The molecule has 2 aromatic heterocycles. The minimum Gasteiger partial charge on any atom is -0.487 e. The number of hydrogen-bond acceptors (Lipinski definition) is 7. The van der Waals surface area contributed by atoms with Gasteiger partial charge >= 0.3 is 0 Å². The monoisotopic (exact) mass is 464 g/mol. The lowest BCUT2D eigenvalue weighted by atomic mass is 10.1. The number of aliphatic hydroxyl groups excluding tert-OH is 2. The third-order valence-corrected chi connectivity index (χ3v) is 6.90. The van der Waals surface area contributed by atoms with E-state index in [2.05, 4.69) is 16.8 Å². The van der Waals surface area contributed by atoms with Gasteiger partial charge in [-0.05, 0) is 55.7 Å². The van der Waals surface area contributed by atoms with Gasteiger partial charge in [0.15, 0.2) is 5.16 Å². The van der Waals surface area contributed by atoms with E-state index in [4.69, 9.17) is 20.6 Å². The highest BCUT2D eigenvalue weighted by atomic mass is 32.2. The van der Waals surface area contributed by atoms with Gasteiger partial charge in [-0.3, -0.25) is 9.55 Å². The lowest BCUT2D eigenvalue weighted by molar-refractivity contribution is 0.177. The van der Waals surface area contributed by atoms with Gasteiger partial charge in [0.2, 0.25) is 0 Å². The SMILES string of the molecule is Cc1cc(OCc2c(C(N)O)nc(SC3CCCC3)n2-c2cccnc2)ccc1C#CCO. The molecule has 33 heavy (non-hydrogen) atoms. The Balaban J connectivity index is 1.67. The molecule has 2 heterocycles. The van der Waals surface area contributed by atoms with Crippen molar-refractivity contribution in [3.8, 4) is 23.3 Å². The van der Waals surface area contributed by atoms with Gasteiger partial charge in [-0.2, -0.15) is 0 Å². The summed E-state index contributed by atoms with van der Waals surface area (Å²) < 4.78 is 8.11. The molecular weight excluding hydrogens is 436 g/mol. The Morgan fingerprint density at radius 3 is 2.79 bits per heavy atom. The fraction of sp³-hybridized carbons (Fsp3) is 0.360. The van der Waals surface area contributed by atoms with E-state index in [-0.39, 0.29) is 13.2 Å². The van der Waals surface area contributed by atoms with Crippen LogP contribution in [-0.4, -0.2) is 36.6 Å². The van der Waals surface area contributed by atoms with Crippen LogP contribution in [-0.2, 0) is 6.61 Å². The first-order valence-electron chi connectivity index (χ1n) is 11.0. The number of pyridine rings is 1. The van der Waals surface area contributed by atoms with Gasteiger partial charge < -0.3 is 20.7 Å². The number of aliphatic hydroxyl groups is 2. The molecule has 0 saturated heterocycles. The smallest absolute Gasteiger partial charge is 0.173 e. The minimum atomic E-state index is -1.22. The summed E-state index contributed by atoms with van der Waals surface area (Å²) in [5.41, 5.74) is 9.64. The summed E-state index contributed by atoms with van der Waals surface area (Å²) in [4.78, 5) is 9.00. The number of aromatic nitrogens is 3. The topological polar surface area (TPSA) is 106 Å². The van der Waals surface area contributed by atoms with Crippen molar-refractivity contribution in [2.24, 2.45) is 5.73 Å². The van der Waals surface area contributed by atoms with E-state index in [9.17, 15) is 5.11 Å². The predicted molar refractivity (Wildman–Crippen MR) is 128 cm³/mol. The van der Waals surface area contributed by atoms with Gasteiger partial charge in [0.05, 0.1) is 17.6 Å². The van der Waals surface area contributed by atoms with Crippen LogP contribution < -0.4 is 10.5 Å². The first-order chi connectivity index (χ1) is 16.1.